The fourth-order valence-electron chi connectivity index (χ4n) is 0.757. The summed E-state index contributed by atoms with van der Waals surface area (Å²) in [6, 6.07) is 0. The Hall–Kier alpha value is -0.440. The Balaban J connectivity index is -0.0000000279. The highest BCUT2D eigenvalue weighted by atomic mass is 14.0. The summed E-state index contributed by atoms with van der Waals surface area (Å²) in [5.41, 5.74) is 0. The normalized spacial score (nSPS) is 7.96. The first-order chi connectivity index (χ1) is 13.0. The van der Waals surface area contributed by atoms with Gasteiger partial charge in [0.1, 0.15) is 0 Å². The largest absolute Gasteiger partial charge is 0.124 e. The van der Waals surface area contributed by atoms with E-state index in [1.54, 1.807) is 0 Å². The smallest absolute Gasteiger partial charge is 0.0445 e. The van der Waals surface area contributed by atoms with Crippen LogP contribution in [0.4, 0.5) is 0 Å². The summed E-state index contributed by atoms with van der Waals surface area (Å²) in [5, 5.41) is 0. The van der Waals surface area contributed by atoms with Gasteiger partial charge in [-0.15, -0.1) is 12.8 Å². The third-order valence-electron chi connectivity index (χ3n) is 3.06. The Labute approximate surface area is 180 Å². The summed E-state index contributed by atoms with van der Waals surface area (Å²) in [6.45, 7) is 33.9. The average molecular weight is 391 g/mol. The predicted molar refractivity (Wildman–Crippen MR) is 140 cm³/mol. The molecular formula is C27H66. The summed E-state index contributed by atoms with van der Waals surface area (Å²) in [4.78, 5) is 0. The molecule has 174 valence electrons. The highest BCUT2D eigenvalue weighted by Gasteiger charge is 1.94. The predicted octanol–water partition coefficient (Wildman–Crippen LogP) is 11.4. The molecule has 1 unspecified atom stereocenters. The maximum atomic E-state index is 4.00. The zero-order valence-corrected chi connectivity index (χ0v) is 23.3. The molecule has 0 amide bonds. The second-order valence-corrected chi connectivity index (χ2v) is 5.46. The maximum absolute atomic E-state index is 4.00. The highest BCUT2D eigenvalue weighted by molar-refractivity contribution is 4.48. The van der Waals surface area contributed by atoms with Gasteiger partial charge in [-0.1, -0.05) is 156 Å². The quantitative estimate of drug-likeness (QED) is 0.395. The van der Waals surface area contributed by atoms with Gasteiger partial charge in [0.2, 0.25) is 0 Å². The molecule has 0 aliphatic carbocycles. The average Bonchev–Trinajstić information content (AvgIpc) is 2.79. The monoisotopic (exact) mass is 391 g/mol. The first kappa shape index (κ1) is 50.4. The zero-order valence-electron chi connectivity index (χ0n) is 23.3. The van der Waals surface area contributed by atoms with Gasteiger partial charge in [0.25, 0.3) is 0 Å². The van der Waals surface area contributed by atoms with Crippen LogP contribution in [0.2, 0.25) is 0 Å². The Bertz CT molecular complexity index is 119. The standard InChI is InChI=1S/C8H18.C5H12.C4H10.4C2H6.C2H2/c1-4-6-7-8(3)5-2;1-4-5(2)3;1-3-4-2;5*1-2/h8H,4-7H2,1-3H3;5H,4H2,1-3H3;3-4H2,1-2H3;4*1-2H3;1-2H. The molecule has 0 aromatic rings. The molecule has 0 spiro atoms. The minimum Gasteiger partial charge on any atom is -0.124 e. The Morgan fingerprint density at radius 2 is 0.778 bits per heavy atom. The van der Waals surface area contributed by atoms with Crippen LogP contribution >= 0.6 is 0 Å². The van der Waals surface area contributed by atoms with Crippen LogP contribution in [-0.4, -0.2) is 0 Å². The van der Waals surface area contributed by atoms with Gasteiger partial charge in [-0.05, 0) is 11.8 Å². The van der Waals surface area contributed by atoms with Gasteiger partial charge in [-0.3, -0.25) is 0 Å². The molecule has 0 fully saturated rings. The first-order valence-corrected chi connectivity index (χ1v) is 12.3. The van der Waals surface area contributed by atoms with Crippen molar-refractivity contribution in [3.05, 3.63) is 0 Å². The van der Waals surface area contributed by atoms with E-state index in [2.05, 4.69) is 68.2 Å². The van der Waals surface area contributed by atoms with Crippen molar-refractivity contribution in [3.63, 3.8) is 0 Å². The summed E-state index contributed by atoms with van der Waals surface area (Å²) >= 11 is 0. The third-order valence-corrected chi connectivity index (χ3v) is 3.06. The lowest BCUT2D eigenvalue weighted by Gasteiger charge is -2.04. The lowest BCUT2D eigenvalue weighted by atomic mass is 10.0. The minimum absolute atomic E-state index is 0.884. The molecule has 0 bridgehead atoms. The second kappa shape index (κ2) is 97.7. The second-order valence-electron chi connectivity index (χ2n) is 5.46. The molecule has 0 aliphatic rings. The van der Waals surface area contributed by atoms with Crippen molar-refractivity contribution in [1.29, 1.82) is 0 Å². The van der Waals surface area contributed by atoms with E-state index in [9.17, 15) is 0 Å². The fourth-order valence-corrected chi connectivity index (χ4v) is 0.757. The van der Waals surface area contributed by atoms with Crippen molar-refractivity contribution in [2.45, 2.75) is 156 Å². The lowest BCUT2D eigenvalue weighted by molar-refractivity contribution is 0.492. The van der Waals surface area contributed by atoms with E-state index in [0.717, 1.165) is 11.8 Å². The molecule has 0 aromatic carbocycles. The zero-order chi connectivity index (χ0) is 24.1. The van der Waals surface area contributed by atoms with Gasteiger partial charge in [0.15, 0.2) is 0 Å². The Kier molecular flexibility index (Phi) is 182. The molecule has 0 aromatic heterocycles. The van der Waals surface area contributed by atoms with Crippen molar-refractivity contribution in [1.82, 2.24) is 0 Å². The van der Waals surface area contributed by atoms with Crippen LogP contribution < -0.4 is 0 Å². The van der Waals surface area contributed by atoms with Gasteiger partial charge >= 0.3 is 0 Å². The SMILES string of the molecule is C#C.CC.CC.CC.CC.CCC(C)C.CCCC.CCCCC(C)CC. The lowest BCUT2D eigenvalue weighted by Crippen LogP contribution is -1.89. The Morgan fingerprint density at radius 1 is 0.519 bits per heavy atom. The van der Waals surface area contributed by atoms with Crippen LogP contribution in [0.15, 0.2) is 0 Å². The van der Waals surface area contributed by atoms with Crippen LogP contribution in [0.3, 0.4) is 0 Å². The number of rotatable bonds is 6. The Morgan fingerprint density at radius 3 is 0.889 bits per heavy atom. The first-order valence-electron chi connectivity index (χ1n) is 12.3. The van der Waals surface area contributed by atoms with Crippen molar-refractivity contribution < 1.29 is 0 Å². The van der Waals surface area contributed by atoms with E-state index < -0.39 is 0 Å². The molecule has 0 aliphatic heterocycles. The van der Waals surface area contributed by atoms with E-state index >= 15 is 0 Å². The molecular weight excluding hydrogens is 324 g/mol. The van der Waals surface area contributed by atoms with Gasteiger partial charge < -0.3 is 0 Å². The summed E-state index contributed by atoms with van der Waals surface area (Å²) in [5.74, 6) is 1.84. The van der Waals surface area contributed by atoms with Crippen LogP contribution in [0, 0.1) is 24.7 Å². The van der Waals surface area contributed by atoms with E-state index in [-0.39, 0.29) is 0 Å². The molecule has 0 heterocycles. The number of hydrogen-bond donors (Lipinski definition) is 0. The molecule has 0 heteroatoms. The van der Waals surface area contributed by atoms with Crippen LogP contribution in [0.25, 0.3) is 0 Å². The maximum Gasteiger partial charge on any atom is -0.0445 e. The molecule has 0 radical (unpaired) electrons. The van der Waals surface area contributed by atoms with Crippen LogP contribution in [-0.2, 0) is 0 Å². The van der Waals surface area contributed by atoms with Crippen LogP contribution in [0.5, 0.6) is 0 Å². The van der Waals surface area contributed by atoms with Crippen molar-refractivity contribution in [2.75, 3.05) is 0 Å². The number of terminal acetylenes is 1. The highest BCUT2D eigenvalue weighted by Crippen LogP contribution is 2.09. The van der Waals surface area contributed by atoms with Gasteiger partial charge in [-0.2, -0.15) is 0 Å². The van der Waals surface area contributed by atoms with Crippen molar-refractivity contribution in [2.24, 2.45) is 11.8 Å². The van der Waals surface area contributed by atoms with Crippen molar-refractivity contribution in [3.8, 4) is 12.8 Å². The minimum atomic E-state index is 0.884. The number of unbranched alkanes of at least 4 members (excludes halogenated alkanes) is 2. The van der Waals surface area contributed by atoms with E-state index in [1.807, 2.05) is 55.4 Å². The van der Waals surface area contributed by atoms with E-state index in [1.165, 1.54) is 44.9 Å². The molecule has 0 nitrogen and oxygen atoms in total. The van der Waals surface area contributed by atoms with Gasteiger partial charge in [-0.25, -0.2) is 0 Å². The molecule has 1 atom stereocenters. The molecule has 0 saturated carbocycles. The van der Waals surface area contributed by atoms with Crippen LogP contribution in [0.1, 0.15) is 156 Å². The van der Waals surface area contributed by atoms with Gasteiger partial charge in [0, 0.05) is 0 Å². The summed E-state index contributed by atoms with van der Waals surface area (Å²) < 4.78 is 0. The summed E-state index contributed by atoms with van der Waals surface area (Å²) in [6.07, 6.45) is 17.5. The van der Waals surface area contributed by atoms with E-state index in [0.29, 0.717) is 0 Å². The summed E-state index contributed by atoms with van der Waals surface area (Å²) in [7, 11) is 0. The number of hydrogen-bond acceptors (Lipinski definition) is 0. The van der Waals surface area contributed by atoms with E-state index in [4.69, 9.17) is 0 Å². The molecule has 27 heavy (non-hydrogen) atoms. The van der Waals surface area contributed by atoms with Gasteiger partial charge in [0.05, 0.1) is 0 Å². The molecule has 0 rings (SSSR count). The topological polar surface area (TPSA) is 0 Å². The third kappa shape index (κ3) is 194. The van der Waals surface area contributed by atoms with Crippen molar-refractivity contribution >= 4 is 0 Å². The molecule has 0 N–H and O–H groups in total. The fraction of sp³-hybridized carbons (Fsp3) is 0.926. The molecule has 0 saturated heterocycles.